The van der Waals surface area contributed by atoms with Gasteiger partial charge in [-0.2, -0.15) is 5.26 Å². The molecule has 1 fully saturated rings. The molecule has 3 heterocycles. The van der Waals surface area contributed by atoms with Crippen LogP contribution in [0.3, 0.4) is 0 Å². The summed E-state index contributed by atoms with van der Waals surface area (Å²) in [6.07, 6.45) is 9.79. The van der Waals surface area contributed by atoms with Crippen molar-refractivity contribution in [3.8, 4) is 6.07 Å². The predicted octanol–water partition coefficient (Wildman–Crippen LogP) is 0.899. The average Bonchev–Trinajstić information content (AvgIpc) is 2.61. The van der Waals surface area contributed by atoms with Gasteiger partial charge >= 0.3 is 0 Å². The summed E-state index contributed by atoms with van der Waals surface area (Å²) < 4.78 is 0. The van der Waals surface area contributed by atoms with E-state index in [-0.39, 0.29) is 11.8 Å². The van der Waals surface area contributed by atoms with E-state index in [1.54, 1.807) is 0 Å². The number of hydrazine groups is 1. The van der Waals surface area contributed by atoms with Crippen LogP contribution in [0.5, 0.6) is 0 Å². The van der Waals surface area contributed by atoms with E-state index in [0.29, 0.717) is 0 Å². The second-order valence-corrected chi connectivity index (χ2v) is 4.18. The van der Waals surface area contributed by atoms with Gasteiger partial charge in [0.2, 0.25) is 5.84 Å². The summed E-state index contributed by atoms with van der Waals surface area (Å²) in [4.78, 5) is 8.49. The number of hydrogen-bond donors (Lipinski definition) is 0. The molecule has 0 saturated carbocycles. The highest BCUT2D eigenvalue weighted by Crippen LogP contribution is 2.38. The van der Waals surface area contributed by atoms with Gasteiger partial charge in [0.25, 0.3) is 0 Å². The van der Waals surface area contributed by atoms with Gasteiger partial charge in [-0.05, 0) is 19.1 Å². The highest BCUT2D eigenvalue weighted by Gasteiger charge is 2.49. The van der Waals surface area contributed by atoms with Gasteiger partial charge in [-0.3, -0.25) is 10.0 Å². The lowest BCUT2D eigenvalue weighted by Crippen LogP contribution is -2.46. The number of allylic oxidation sites excluding steroid dienone is 2. The summed E-state index contributed by atoms with van der Waals surface area (Å²) in [5.41, 5.74) is -0.409. The minimum absolute atomic E-state index is 0.219. The van der Waals surface area contributed by atoms with E-state index in [9.17, 15) is 0 Å². The SMILES string of the molecule is CC12N=C(C#N)N=CC1CN1C=CC=CN12. The summed E-state index contributed by atoms with van der Waals surface area (Å²) in [6, 6.07) is 2.00. The first-order chi connectivity index (χ1) is 7.74. The molecular weight excluding hydrogens is 202 g/mol. The van der Waals surface area contributed by atoms with E-state index in [1.807, 2.05) is 43.8 Å². The number of hydrogen-bond acceptors (Lipinski definition) is 5. The van der Waals surface area contributed by atoms with Gasteiger partial charge in [0, 0.05) is 18.6 Å². The minimum Gasteiger partial charge on any atom is -0.290 e. The van der Waals surface area contributed by atoms with E-state index in [2.05, 4.69) is 20.0 Å². The highest BCUT2D eigenvalue weighted by molar-refractivity contribution is 6.03. The number of rotatable bonds is 0. The molecule has 5 heteroatoms. The van der Waals surface area contributed by atoms with Crippen LogP contribution < -0.4 is 0 Å². The van der Waals surface area contributed by atoms with Gasteiger partial charge in [0.1, 0.15) is 6.07 Å². The topological polar surface area (TPSA) is 55.0 Å². The lowest BCUT2D eigenvalue weighted by molar-refractivity contribution is 0.0495. The second kappa shape index (κ2) is 2.95. The van der Waals surface area contributed by atoms with Crippen LogP contribution in [0.2, 0.25) is 0 Å². The number of nitrogens with zero attached hydrogens (tertiary/aromatic N) is 5. The molecule has 0 radical (unpaired) electrons. The first-order valence-corrected chi connectivity index (χ1v) is 5.19. The molecule has 2 unspecified atom stereocenters. The van der Waals surface area contributed by atoms with Crippen LogP contribution in [-0.4, -0.2) is 34.3 Å². The maximum Gasteiger partial charge on any atom is 0.229 e. The first kappa shape index (κ1) is 9.16. The van der Waals surface area contributed by atoms with Crippen molar-refractivity contribution in [2.75, 3.05) is 6.54 Å². The van der Waals surface area contributed by atoms with Gasteiger partial charge in [0.05, 0.1) is 12.5 Å². The summed E-state index contributed by atoms with van der Waals surface area (Å²) >= 11 is 0. The Kier molecular flexibility index (Phi) is 1.69. The Labute approximate surface area is 93.7 Å². The smallest absolute Gasteiger partial charge is 0.229 e. The van der Waals surface area contributed by atoms with Crippen molar-refractivity contribution >= 4 is 12.1 Å². The van der Waals surface area contributed by atoms with Crippen LogP contribution >= 0.6 is 0 Å². The maximum atomic E-state index is 8.86. The molecule has 0 aromatic rings. The number of fused-ring (bicyclic) bond motifs is 3. The Morgan fingerprint density at radius 3 is 3.12 bits per heavy atom. The molecule has 0 aliphatic carbocycles. The third kappa shape index (κ3) is 1.04. The number of aliphatic imine (C=N–C) groups is 2. The van der Waals surface area contributed by atoms with Crippen molar-refractivity contribution in [3.63, 3.8) is 0 Å². The lowest BCUT2D eigenvalue weighted by atomic mass is 9.96. The zero-order valence-corrected chi connectivity index (χ0v) is 8.91. The molecule has 2 atom stereocenters. The van der Waals surface area contributed by atoms with Gasteiger partial charge in [0.15, 0.2) is 5.66 Å². The fourth-order valence-corrected chi connectivity index (χ4v) is 2.32. The number of amidine groups is 1. The van der Waals surface area contributed by atoms with Gasteiger partial charge in [-0.1, -0.05) is 0 Å². The Morgan fingerprint density at radius 2 is 2.31 bits per heavy atom. The largest absolute Gasteiger partial charge is 0.290 e. The molecule has 80 valence electrons. The lowest BCUT2D eigenvalue weighted by Gasteiger charge is -2.37. The maximum absolute atomic E-state index is 8.86. The minimum atomic E-state index is -0.409. The average molecular weight is 213 g/mol. The summed E-state index contributed by atoms with van der Waals surface area (Å²) in [6.45, 7) is 2.88. The van der Waals surface area contributed by atoms with Crippen LogP contribution in [-0.2, 0) is 0 Å². The molecule has 3 aliphatic rings. The molecular formula is C11H11N5. The fraction of sp³-hybridized carbons (Fsp3) is 0.364. The molecule has 16 heavy (non-hydrogen) atoms. The second-order valence-electron chi connectivity index (χ2n) is 4.18. The Bertz CT molecular complexity index is 481. The third-order valence-electron chi connectivity index (χ3n) is 3.23. The van der Waals surface area contributed by atoms with E-state index >= 15 is 0 Å². The molecule has 3 aliphatic heterocycles. The zero-order valence-electron chi connectivity index (χ0n) is 8.91. The monoisotopic (exact) mass is 213 g/mol. The van der Waals surface area contributed by atoms with Crippen molar-refractivity contribution in [1.82, 2.24) is 10.0 Å². The molecule has 0 amide bonds. The summed E-state index contributed by atoms with van der Waals surface area (Å²) in [5.74, 6) is 0.473. The normalized spacial score (nSPS) is 34.5. The van der Waals surface area contributed by atoms with Gasteiger partial charge < -0.3 is 0 Å². The molecule has 5 nitrogen and oxygen atoms in total. The highest BCUT2D eigenvalue weighted by atomic mass is 15.7. The van der Waals surface area contributed by atoms with E-state index in [1.165, 1.54) is 0 Å². The van der Waals surface area contributed by atoms with E-state index < -0.39 is 5.66 Å². The molecule has 0 N–H and O–H groups in total. The van der Waals surface area contributed by atoms with Crippen LogP contribution in [0.1, 0.15) is 6.92 Å². The Balaban J connectivity index is 2.05. The predicted molar refractivity (Wildman–Crippen MR) is 60.3 cm³/mol. The fourth-order valence-electron chi connectivity index (χ4n) is 2.32. The van der Waals surface area contributed by atoms with Gasteiger partial charge in [-0.25, -0.2) is 9.98 Å². The van der Waals surface area contributed by atoms with Crippen LogP contribution in [0, 0.1) is 17.2 Å². The molecule has 0 bridgehead atoms. The summed E-state index contributed by atoms with van der Waals surface area (Å²) in [5, 5.41) is 13.0. The first-order valence-electron chi connectivity index (χ1n) is 5.19. The van der Waals surface area contributed by atoms with Crippen molar-refractivity contribution < 1.29 is 0 Å². The zero-order chi connectivity index (χ0) is 11.2. The molecule has 1 saturated heterocycles. The van der Waals surface area contributed by atoms with Crippen molar-refractivity contribution in [2.24, 2.45) is 15.9 Å². The molecule has 0 aromatic heterocycles. The number of nitriles is 1. The summed E-state index contributed by atoms with van der Waals surface area (Å²) in [7, 11) is 0. The van der Waals surface area contributed by atoms with Crippen LogP contribution in [0.4, 0.5) is 0 Å². The molecule has 0 aromatic carbocycles. The van der Waals surface area contributed by atoms with Gasteiger partial charge in [-0.15, -0.1) is 0 Å². The van der Waals surface area contributed by atoms with Crippen molar-refractivity contribution in [2.45, 2.75) is 12.6 Å². The quantitative estimate of drug-likeness (QED) is 0.600. The van der Waals surface area contributed by atoms with Crippen LogP contribution in [0.15, 0.2) is 34.5 Å². The van der Waals surface area contributed by atoms with Crippen molar-refractivity contribution in [3.05, 3.63) is 24.6 Å². The third-order valence-corrected chi connectivity index (χ3v) is 3.23. The van der Waals surface area contributed by atoms with Crippen LogP contribution in [0.25, 0.3) is 0 Å². The standard InChI is InChI=1S/C11H11N5/c1-11-9(7-13-10(6-12)14-11)8-15-4-2-3-5-16(11)15/h2-5,7,9H,8H2,1H3. The van der Waals surface area contributed by atoms with E-state index in [4.69, 9.17) is 5.26 Å². The Hall–Kier alpha value is -2.09. The molecule has 3 rings (SSSR count). The molecule has 0 spiro atoms. The van der Waals surface area contributed by atoms with E-state index in [0.717, 1.165) is 6.54 Å². The Morgan fingerprint density at radius 1 is 1.50 bits per heavy atom. The van der Waals surface area contributed by atoms with Crippen molar-refractivity contribution in [1.29, 1.82) is 5.26 Å².